The van der Waals surface area contributed by atoms with Crippen LogP contribution in [0.4, 0.5) is 8.78 Å². The maximum Gasteiger partial charge on any atom is 0.240 e. The van der Waals surface area contributed by atoms with Crippen LogP contribution in [-0.2, 0) is 16.0 Å². The van der Waals surface area contributed by atoms with Gasteiger partial charge < -0.3 is 11.1 Å². The minimum absolute atomic E-state index is 0.0158. The molecule has 0 aliphatic heterocycles. The van der Waals surface area contributed by atoms with E-state index in [0.29, 0.717) is 0 Å². The molecule has 0 saturated carbocycles. The third kappa shape index (κ3) is 4.53. The molecule has 0 aliphatic rings. The van der Waals surface area contributed by atoms with Crippen LogP contribution in [0, 0.1) is 28.9 Å². The van der Waals surface area contributed by atoms with Crippen molar-refractivity contribution in [3.05, 3.63) is 35.4 Å². The van der Waals surface area contributed by atoms with Crippen molar-refractivity contribution in [2.75, 3.05) is 0 Å². The Kier molecular flexibility index (Phi) is 5.79. The molecule has 112 valence electrons. The van der Waals surface area contributed by atoms with Crippen molar-refractivity contribution in [2.45, 2.75) is 25.8 Å². The molecule has 0 radical (unpaired) electrons. The Balaban J connectivity index is 2.80. The van der Waals surface area contributed by atoms with Crippen molar-refractivity contribution in [1.29, 1.82) is 5.26 Å². The van der Waals surface area contributed by atoms with Crippen molar-refractivity contribution in [3.8, 4) is 6.07 Å². The van der Waals surface area contributed by atoms with E-state index in [1.165, 1.54) is 6.07 Å². The lowest BCUT2D eigenvalue weighted by atomic mass is 9.98. The lowest BCUT2D eigenvalue weighted by molar-refractivity contribution is -0.128. The van der Waals surface area contributed by atoms with E-state index in [-0.39, 0.29) is 12.0 Å². The van der Waals surface area contributed by atoms with Gasteiger partial charge in [-0.1, -0.05) is 13.0 Å². The molecule has 5 nitrogen and oxygen atoms in total. The standard InChI is InChI=1S/C14H15F2N3O2/c1-8(5-6-17)13(14(18)21)19-12(20)7-9-10(15)3-2-4-11(9)16/h2-4,8,13H,5,7H2,1H3,(H2,18,21)(H,19,20)/t8-,13+/m0/s1. The predicted molar refractivity (Wildman–Crippen MR) is 70.6 cm³/mol. The molecule has 0 spiro atoms. The molecule has 0 saturated heterocycles. The molecular weight excluding hydrogens is 280 g/mol. The van der Waals surface area contributed by atoms with Gasteiger partial charge in [0.05, 0.1) is 12.5 Å². The van der Waals surface area contributed by atoms with Crippen molar-refractivity contribution in [1.82, 2.24) is 5.32 Å². The summed E-state index contributed by atoms with van der Waals surface area (Å²) in [6.45, 7) is 1.57. The first kappa shape index (κ1) is 16.6. The van der Waals surface area contributed by atoms with Crippen LogP contribution in [-0.4, -0.2) is 17.9 Å². The number of amides is 2. The second-order valence-corrected chi connectivity index (χ2v) is 4.66. The summed E-state index contributed by atoms with van der Waals surface area (Å²) in [7, 11) is 0. The molecule has 0 aliphatic carbocycles. The van der Waals surface area contributed by atoms with Crippen molar-refractivity contribution in [3.63, 3.8) is 0 Å². The van der Waals surface area contributed by atoms with Gasteiger partial charge in [-0.15, -0.1) is 0 Å². The first-order valence-corrected chi connectivity index (χ1v) is 6.25. The molecule has 0 unspecified atom stereocenters. The van der Waals surface area contributed by atoms with Gasteiger partial charge >= 0.3 is 0 Å². The van der Waals surface area contributed by atoms with Crippen LogP contribution in [0.3, 0.4) is 0 Å². The molecule has 1 aromatic carbocycles. The van der Waals surface area contributed by atoms with Gasteiger partial charge in [0.25, 0.3) is 0 Å². The smallest absolute Gasteiger partial charge is 0.240 e. The van der Waals surface area contributed by atoms with Gasteiger partial charge in [0.2, 0.25) is 11.8 Å². The van der Waals surface area contributed by atoms with Gasteiger partial charge in [0, 0.05) is 12.0 Å². The van der Waals surface area contributed by atoms with Crippen LogP contribution in [0.1, 0.15) is 18.9 Å². The Labute approximate surface area is 120 Å². The Morgan fingerprint density at radius 2 is 1.95 bits per heavy atom. The monoisotopic (exact) mass is 295 g/mol. The summed E-state index contributed by atoms with van der Waals surface area (Å²) in [5.74, 6) is -3.73. The van der Waals surface area contributed by atoms with Gasteiger partial charge in [-0.2, -0.15) is 5.26 Å². The minimum atomic E-state index is -1.06. The van der Waals surface area contributed by atoms with Crippen molar-refractivity contribution in [2.24, 2.45) is 11.7 Å². The fourth-order valence-corrected chi connectivity index (χ4v) is 1.84. The average Bonchev–Trinajstić information content (AvgIpc) is 2.40. The van der Waals surface area contributed by atoms with Crippen molar-refractivity contribution >= 4 is 11.8 Å². The number of rotatable bonds is 6. The number of halogens is 2. The highest BCUT2D eigenvalue weighted by Gasteiger charge is 2.25. The number of nitrogens with two attached hydrogens (primary N) is 1. The minimum Gasteiger partial charge on any atom is -0.368 e. The van der Waals surface area contributed by atoms with E-state index in [1.807, 2.05) is 6.07 Å². The second-order valence-electron chi connectivity index (χ2n) is 4.66. The van der Waals surface area contributed by atoms with Crippen LogP contribution in [0.15, 0.2) is 18.2 Å². The molecule has 2 amide bonds. The number of hydrogen-bond donors (Lipinski definition) is 2. The maximum atomic E-state index is 13.4. The van der Waals surface area contributed by atoms with E-state index >= 15 is 0 Å². The Morgan fingerprint density at radius 1 is 1.38 bits per heavy atom. The molecule has 3 N–H and O–H groups in total. The average molecular weight is 295 g/mol. The molecule has 0 fully saturated rings. The lowest BCUT2D eigenvalue weighted by Crippen LogP contribution is -2.48. The van der Waals surface area contributed by atoms with E-state index < -0.39 is 41.8 Å². The van der Waals surface area contributed by atoms with Crippen LogP contribution in [0.5, 0.6) is 0 Å². The van der Waals surface area contributed by atoms with Gasteiger partial charge in [-0.3, -0.25) is 9.59 Å². The van der Waals surface area contributed by atoms with Crippen LogP contribution >= 0.6 is 0 Å². The molecule has 2 atom stereocenters. The van der Waals surface area contributed by atoms with Crippen LogP contribution < -0.4 is 11.1 Å². The van der Waals surface area contributed by atoms with E-state index in [2.05, 4.69) is 5.32 Å². The number of carbonyl (C=O) groups is 2. The zero-order chi connectivity index (χ0) is 16.0. The fraction of sp³-hybridized carbons (Fsp3) is 0.357. The quantitative estimate of drug-likeness (QED) is 0.820. The highest BCUT2D eigenvalue weighted by atomic mass is 19.1. The van der Waals surface area contributed by atoms with Gasteiger partial charge in [-0.25, -0.2) is 8.78 Å². The summed E-state index contributed by atoms with van der Waals surface area (Å²) >= 11 is 0. The first-order valence-electron chi connectivity index (χ1n) is 6.25. The number of nitrogens with one attached hydrogen (secondary N) is 1. The summed E-state index contributed by atoms with van der Waals surface area (Å²) in [5, 5.41) is 10.9. The molecule has 0 heterocycles. The van der Waals surface area contributed by atoms with E-state index in [0.717, 1.165) is 12.1 Å². The lowest BCUT2D eigenvalue weighted by Gasteiger charge is -2.20. The fourth-order valence-electron chi connectivity index (χ4n) is 1.84. The molecule has 0 bridgehead atoms. The molecule has 1 aromatic rings. The number of benzene rings is 1. The zero-order valence-corrected chi connectivity index (χ0v) is 11.4. The molecule has 7 heteroatoms. The Hall–Kier alpha value is -2.49. The predicted octanol–water partition coefficient (Wildman–Crippen LogP) is 1.03. The third-order valence-corrected chi connectivity index (χ3v) is 3.00. The number of hydrogen-bond acceptors (Lipinski definition) is 3. The number of nitriles is 1. The first-order chi connectivity index (χ1) is 9.86. The highest BCUT2D eigenvalue weighted by Crippen LogP contribution is 2.13. The summed E-state index contributed by atoms with van der Waals surface area (Å²) < 4.78 is 26.9. The summed E-state index contributed by atoms with van der Waals surface area (Å²) in [6.07, 6.45) is -0.538. The topological polar surface area (TPSA) is 96.0 Å². The molecule has 21 heavy (non-hydrogen) atoms. The number of nitrogens with zero attached hydrogens (tertiary/aromatic N) is 1. The van der Waals surface area contributed by atoms with Crippen LogP contribution in [0.2, 0.25) is 0 Å². The summed E-state index contributed by atoms with van der Waals surface area (Å²) in [6, 6.07) is 4.06. The summed E-state index contributed by atoms with van der Waals surface area (Å²) in [4.78, 5) is 23.1. The van der Waals surface area contributed by atoms with Crippen LogP contribution in [0.25, 0.3) is 0 Å². The Bertz CT molecular complexity index is 564. The largest absolute Gasteiger partial charge is 0.368 e. The summed E-state index contributed by atoms with van der Waals surface area (Å²) in [5.41, 5.74) is 4.77. The van der Waals surface area contributed by atoms with E-state index in [9.17, 15) is 18.4 Å². The maximum absolute atomic E-state index is 13.4. The zero-order valence-electron chi connectivity index (χ0n) is 11.4. The van der Waals surface area contributed by atoms with Gasteiger partial charge in [-0.05, 0) is 18.1 Å². The van der Waals surface area contributed by atoms with Crippen molar-refractivity contribution < 1.29 is 18.4 Å². The SMILES string of the molecule is C[C@@H](CC#N)[C@@H](NC(=O)Cc1c(F)cccc1F)C(N)=O. The highest BCUT2D eigenvalue weighted by molar-refractivity contribution is 5.87. The second kappa shape index (κ2) is 7.33. The van der Waals surface area contributed by atoms with Gasteiger partial charge in [0.15, 0.2) is 0 Å². The normalized spacial score (nSPS) is 13.0. The Morgan fingerprint density at radius 3 is 2.43 bits per heavy atom. The number of primary amides is 1. The van der Waals surface area contributed by atoms with E-state index in [1.54, 1.807) is 6.92 Å². The van der Waals surface area contributed by atoms with Gasteiger partial charge in [0.1, 0.15) is 17.7 Å². The third-order valence-electron chi connectivity index (χ3n) is 3.00. The molecule has 0 aromatic heterocycles. The van der Waals surface area contributed by atoms with E-state index in [4.69, 9.17) is 11.0 Å². The molecular formula is C14H15F2N3O2. The molecule has 1 rings (SSSR count). The number of carbonyl (C=O) groups excluding carboxylic acids is 2.